The molecule has 6 bridgehead atoms. The van der Waals surface area contributed by atoms with Crippen LogP contribution in [0.5, 0.6) is 5.75 Å². The molecule has 7 aliphatic rings. The number of halogens is 4. The molecule has 12 heteroatoms. The van der Waals surface area contributed by atoms with Gasteiger partial charge in [-0.05, 0) is 67.6 Å². The van der Waals surface area contributed by atoms with Crippen molar-refractivity contribution in [3.8, 4) is 5.75 Å². The van der Waals surface area contributed by atoms with Crippen LogP contribution < -0.4 is 4.74 Å². The molecule has 4 saturated heterocycles. The normalized spacial score (nSPS) is 44.5. The van der Waals surface area contributed by atoms with Gasteiger partial charge in [-0.2, -0.15) is 8.78 Å². The second-order valence-corrected chi connectivity index (χ2v) is 12.1. The van der Waals surface area contributed by atoms with Gasteiger partial charge in [0, 0.05) is 0 Å². The summed E-state index contributed by atoms with van der Waals surface area (Å²) in [5.41, 5.74) is 0. The van der Waals surface area contributed by atoms with E-state index in [9.17, 15) is 35.3 Å². The van der Waals surface area contributed by atoms with E-state index in [2.05, 4.69) is 0 Å². The van der Waals surface area contributed by atoms with Gasteiger partial charge < -0.3 is 18.8 Å². The van der Waals surface area contributed by atoms with Crippen LogP contribution in [-0.4, -0.2) is 43.4 Å². The quantitative estimate of drug-likeness (QED) is 0.200. The molecule has 3 saturated carbocycles. The predicted octanol–water partition coefficient (Wildman–Crippen LogP) is 2.91. The minimum atomic E-state index is -5.86. The van der Waals surface area contributed by atoms with Gasteiger partial charge in [-0.3, -0.25) is 4.79 Å². The largest absolute Gasteiger partial charge is 0.744 e. The van der Waals surface area contributed by atoms with E-state index in [-0.39, 0.29) is 59.9 Å². The fraction of sp³-hybridized carbons (Fsp3) is 0.696. The molecule has 0 aromatic heterocycles. The van der Waals surface area contributed by atoms with Crippen molar-refractivity contribution in [2.75, 3.05) is 0 Å². The molecule has 9 atom stereocenters. The molecule has 0 radical (unpaired) electrons. The molecule has 0 N–H and O–H groups in total. The molecule has 7 fully saturated rings. The standard InChI is InChI=1S/C23H22F4O7S/c24-17-19(26)22(35(29,30)31)20(27)18(25)21(17)34-23(28)7-5-6-12-8-1-3-10(32-8)15(12)14(7)16-11-4-2-9(33-11)13(6)16/h6-16H,1-5H2,(H,29,30,31)/p-1. The summed E-state index contributed by atoms with van der Waals surface area (Å²) in [5.74, 6) is -12.2. The zero-order valence-corrected chi connectivity index (χ0v) is 19.0. The Bertz CT molecular complexity index is 1190. The van der Waals surface area contributed by atoms with Crippen molar-refractivity contribution in [3.05, 3.63) is 23.3 Å². The van der Waals surface area contributed by atoms with Gasteiger partial charge in [-0.25, -0.2) is 17.2 Å². The molecule has 0 amide bonds. The minimum Gasteiger partial charge on any atom is -0.744 e. The van der Waals surface area contributed by atoms with E-state index in [1.165, 1.54) is 0 Å². The first kappa shape index (κ1) is 22.4. The van der Waals surface area contributed by atoms with Gasteiger partial charge in [0.25, 0.3) is 0 Å². The number of carbonyl (C=O) groups is 1. The first-order valence-electron chi connectivity index (χ1n) is 11.9. The third kappa shape index (κ3) is 2.82. The Morgan fingerprint density at radius 1 is 0.771 bits per heavy atom. The lowest BCUT2D eigenvalue weighted by atomic mass is 9.42. The molecule has 190 valence electrons. The fourth-order valence-electron chi connectivity index (χ4n) is 8.78. The highest BCUT2D eigenvalue weighted by Crippen LogP contribution is 2.70. The van der Waals surface area contributed by atoms with Gasteiger partial charge in [0.15, 0.2) is 11.6 Å². The lowest BCUT2D eigenvalue weighted by Gasteiger charge is -2.59. The van der Waals surface area contributed by atoms with E-state index in [1.807, 2.05) is 0 Å². The molecule has 1 aromatic rings. The van der Waals surface area contributed by atoms with E-state index < -0.39 is 55.9 Å². The van der Waals surface area contributed by atoms with Gasteiger partial charge >= 0.3 is 5.97 Å². The monoisotopic (exact) mass is 517 g/mol. The van der Waals surface area contributed by atoms with E-state index in [1.54, 1.807) is 0 Å². The molecule has 0 spiro atoms. The van der Waals surface area contributed by atoms with Crippen molar-refractivity contribution < 1.29 is 49.5 Å². The molecular weight excluding hydrogens is 496 g/mol. The maximum Gasteiger partial charge on any atom is 0.314 e. The molecule has 9 unspecified atom stereocenters. The highest BCUT2D eigenvalue weighted by Gasteiger charge is 2.72. The van der Waals surface area contributed by atoms with Gasteiger partial charge in [-0.1, -0.05) is 0 Å². The highest BCUT2D eigenvalue weighted by atomic mass is 32.2. The van der Waals surface area contributed by atoms with Crippen LogP contribution in [0.3, 0.4) is 0 Å². The average molecular weight is 517 g/mol. The van der Waals surface area contributed by atoms with Crippen LogP contribution in [0, 0.1) is 64.7 Å². The van der Waals surface area contributed by atoms with Crippen molar-refractivity contribution in [1.82, 2.24) is 0 Å². The first-order valence-corrected chi connectivity index (χ1v) is 13.3. The van der Waals surface area contributed by atoms with Crippen LogP contribution in [0.15, 0.2) is 4.90 Å². The molecule has 35 heavy (non-hydrogen) atoms. The number of ether oxygens (including phenoxy) is 3. The smallest absolute Gasteiger partial charge is 0.314 e. The predicted molar refractivity (Wildman–Crippen MR) is 105 cm³/mol. The minimum absolute atomic E-state index is 0.0157. The topological polar surface area (TPSA) is 102 Å². The summed E-state index contributed by atoms with van der Waals surface area (Å²) in [4.78, 5) is 11.0. The van der Waals surface area contributed by atoms with Gasteiger partial charge in [0.2, 0.25) is 17.4 Å². The molecule has 7 nitrogen and oxygen atoms in total. The highest BCUT2D eigenvalue weighted by molar-refractivity contribution is 7.85. The number of esters is 1. The van der Waals surface area contributed by atoms with Crippen molar-refractivity contribution >= 4 is 16.1 Å². The van der Waals surface area contributed by atoms with Gasteiger partial charge in [0.05, 0.1) is 30.3 Å². The summed E-state index contributed by atoms with van der Waals surface area (Å²) in [6.07, 6.45) is 4.26. The van der Waals surface area contributed by atoms with Crippen LogP contribution in [0.4, 0.5) is 17.6 Å². The van der Waals surface area contributed by atoms with Crippen molar-refractivity contribution in [2.45, 2.75) is 61.4 Å². The lowest BCUT2D eigenvalue weighted by Crippen LogP contribution is -2.62. The van der Waals surface area contributed by atoms with Crippen LogP contribution >= 0.6 is 0 Å². The third-order valence-corrected chi connectivity index (χ3v) is 10.4. The summed E-state index contributed by atoms with van der Waals surface area (Å²) >= 11 is 0. The number of rotatable bonds is 3. The van der Waals surface area contributed by atoms with Gasteiger partial charge in [-0.15, -0.1) is 0 Å². The van der Waals surface area contributed by atoms with Crippen molar-refractivity contribution in [2.24, 2.45) is 41.4 Å². The Hall–Kier alpha value is -1.76. The Morgan fingerprint density at radius 2 is 1.23 bits per heavy atom. The molecule has 4 heterocycles. The number of hydrogen-bond donors (Lipinski definition) is 0. The maximum atomic E-state index is 14.5. The molecule has 4 aliphatic heterocycles. The zero-order chi connectivity index (χ0) is 24.5. The van der Waals surface area contributed by atoms with Crippen LogP contribution in [0.25, 0.3) is 0 Å². The summed E-state index contributed by atoms with van der Waals surface area (Å²) < 4.78 is 108. The second kappa shape index (κ2) is 7.17. The molecule has 8 rings (SSSR count). The number of hydrogen-bond acceptors (Lipinski definition) is 7. The number of benzene rings is 1. The lowest BCUT2D eigenvalue weighted by molar-refractivity contribution is -0.164. The van der Waals surface area contributed by atoms with E-state index >= 15 is 0 Å². The number of fused-ring (bicyclic) bond motifs is 5. The molecular formula is C23H21F4O7S-. The zero-order valence-electron chi connectivity index (χ0n) is 18.2. The Kier molecular flexibility index (Phi) is 4.60. The van der Waals surface area contributed by atoms with Gasteiger partial charge in [0.1, 0.15) is 15.0 Å². The first-order chi connectivity index (χ1) is 16.6. The third-order valence-electron chi connectivity index (χ3n) is 9.58. The summed E-state index contributed by atoms with van der Waals surface area (Å²) in [6, 6.07) is 0. The Labute approximate surface area is 197 Å². The molecule has 3 aliphatic carbocycles. The Balaban J connectivity index is 1.25. The summed E-state index contributed by atoms with van der Waals surface area (Å²) in [7, 11) is -5.86. The average Bonchev–Trinajstić information content (AvgIpc) is 3.61. The maximum absolute atomic E-state index is 14.5. The van der Waals surface area contributed by atoms with E-state index in [4.69, 9.17) is 14.2 Å². The summed E-state index contributed by atoms with van der Waals surface area (Å²) in [6.45, 7) is 0. The van der Waals surface area contributed by atoms with E-state index in [0.29, 0.717) is 6.42 Å². The number of carbonyl (C=O) groups excluding carboxylic acids is 1. The van der Waals surface area contributed by atoms with E-state index in [0.717, 1.165) is 25.7 Å². The van der Waals surface area contributed by atoms with Crippen LogP contribution in [-0.2, 0) is 24.4 Å². The fourth-order valence-corrected chi connectivity index (χ4v) is 9.40. The molecule has 1 aromatic carbocycles. The van der Waals surface area contributed by atoms with Crippen molar-refractivity contribution in [3.63, 3.8) is 0 Å². The van der Waals surface area contributed by atoms with Crippen molar-refractivity contribution in [1.29, 1.82) is 0 Å². The van der Waals surface area contributed by atoms with Crippen LogP contribution in [0.1, 0.15) is 32.1 Å². The second-order valence-electron chi connectivity index (χ2n) is 10.8. The summed E-state index contributed by atoms with van der Waals surface area (Å²) in [5, 5.41) is 0. The Morgan fingerprint density at radius 3 is 1.69 bits per heavy atom. The van der Waals surface area contributed by atoms with Crippen LogP contribution in [0.2, 0.25) is 0 Å². The SMILES string of the molecule is O=C(Oc1c(F)c(F)c(S(=O)(=O)[O-])c(F)c1F)C1CC2C3C4CCC(O4)C3C1C1C3CCC(O3)C21.